The summed E-state index contributed by atoms with van der Waals surface area (Å²) in [7, 11) is -3.89. The van der Waals surface area contributed by atoms with Crippen molar-refractivity contribution in [3.8, 4) is 0 Å². The Kier molecular flexibility index (Phi) is 7.20. The number of amides is 1. The lowest BCUT2D eigenvalue weighted by molar-refractivity contribution is -0.384. The highest BCUT2D eigenvalue weighted by molar-refractivity contribution is 7.92. The molecule has 0 unspecified atom stereocenters. The van der Waals surface area contributed by atoms with Crippen LogP contribution in [0.5, 0.6) is 0 Å². The predicted octanol–water partition coefficient (Wildman–Crippen LogP) is 3.63. The Labute approximate surface area is 177 Å². The number of rotatable bonds is 8. The maximum Gasteiger partial charge on any atom is 0.271 e. The van der Waals surface area contributed by atoms with E-state index in [4.69, 9.17) is 0 Å². The molecular weight excluding hydrogens is 406 g/mol. The van der Waals surface area contributed by atoms with Gasteiger partial charge in [0.25, 0.3) is 5.69 Å². The third kappa shape index (κ3) is 5.35. The fourth-order valence-electron chi connectivity index (χ4n) is 3.24. The molecule has 30 heavy (non-hydrogen) atoms. The molecular formula is C21H27N3O5S. The van der Waals surface area contributed by atoms with Gasteiger partial charge in [-0.15, -0.1) is 0 Å². The molecule has 162 valence electrons. The standard InChI is InChI=1S/C21H27N3O5S/c1-6-19(17-10-7-14(2)8-11-17)22-21(25)16(4)23(30(5,28)29)20-13-18(24(26)27)12-9-15(20)3/h7-13,16,19H,6H2,1-5H3,(H,22,25)/t16-,19-/m1/s1. The van der Waals surface area contributed by atoms with Crippen LogP contribution in [-0.4, -0.2) is 31.5 Å². The highest BCUT2D eigenvalue weighted by atomic mass is 32.2. The fraction of sp³-hybridized carbons (Fsp3) is 0.381. The largest absolute Gasteiger partial charge is 0.347 e. The van der Waals surface area contributed by atoms with Crippen LogP contribution in [0.1, 0.15) is 43.0 Å². The number of sulfonamides is 1. The number of non-ortho nitro benzene ring substituents is 1. The topological polar surface area (TPSA) is 110 Å². The van der Waals surface area contributed by atoms with E-state index >= 15 is 0 Å². The van der Waals surface area contributed by atoms with E-state index in [9.17, 15) is 23.3 Å². The molecule has 2 rings (SSSR count). The number of aryl methyl sites for hydroxylation is 2. The summed E-state index contributed by atoms with van der Waals surface area (Å²) in [6.45, 7) is 7.00. The normalized spacial score (nSPS) is 13.4. The van der Waals surface area contributed by atoms with E-state index in [-0.39, 0.29) is 17.4 Å². The summed E-state index contributed by atoms with van der Waals surface area (Å²) in [5, 5.41) is 14.1. The van der Waals surface area contributed by atoms with Crippen LogP contribution in [0.15, 0.2) is 42.5 Å². The third-order valence-corrected chi connectivity index (χ3v) is 6.16. The maximum absolute atomic E-state index is 13.0. The lowest BCUT2D eigenvalue weighted by Crippen LogP contribution is -2.48. The number of nitro groups is 1. The number of anilines is 1. The first-order chi connectivity index (χ1) is 14.0. The van der Waals surface area contributed by atoms with Gasteiger partial charge in [0.15, 0.2) is 0 Å². The average molecular weight is 434 g/mol. The Balaban J connectivity index is 2.39. The van der Waals surface area contributed by atoms with Crippen molar-refractivity contribution in [2.24, 2.45) is 0 Å². The molecule has 1 N–H and O–H groups in total. The van der Waals surface area contributed by atoms with Crippen molar-refractivity contribution >= 4 is 27.3 Å². The number of benzene rings is 2. The van der Waals surface area contributed by atoms with Gasteiger partial charge in [-0.05, 0) is 38.3 Å². The zero-order valence-electron chi connectivity index (χ0n) is 17.7. The third-order valence-electron chi connectivity index (χ3n) is 4.93. The summed E-state index contributed by atoms with van der Waals surface area (Å²) in [5.74, 6) is -0.487. The van der Waals surface area contributed by atoms with E-state index in [1.165, 1.54) is 25.1 Å². The van der Waals surface area contributed by atoms with Gasteiger partial charge in [-0.2, -0.15) is 0 Å². The molecule has 0 aromatic heterocycles. The highest BCUT2D eigenvalue weighted by Gasteiger charge is 2.32. The molecule has 1 amide bonds. The van der Waals surface area contributed by atoms with Gasteiger partial charge in [0.05, 0.1) is 22.9 Å². The van der Waals surface area contributed by atoms with Crippen LogP contribution in [0.4, 0.5) is 11.4 Å². The van der Waals surface area contributed by atoms with Crippen molar-refractivity contribution in [1.29, 1.82) is 0 Å². The fourth-order valence-corrected chi connectivity index (χ4v) is 4.47. The second-order valence-corrected chi connectivity index (χ2v) is 9.20. The molecule has 2 aromatic rings. The van der Waals surface area contributed by atoms with E-state index in [1.807, 2.05) is 38.1 Å². The summed E-state index contributed by atoms with van der Waals surface area (Å²) in [6, 6.07) is 10.3. The van der Waals surface area contributed by atoms with E-state index in [2.05, 4.69) is 5.32 Å². The molecule has 0 spiro atoms. The van der Waals surface area contributed by atoms with Crippen molar-refractivity contribution < 1.29 is 18.1 Å². The minimum Gasteiger partial charge on any atom is -0.347 e. The van der Waals surface area contributed by atoms with Gasteiger partial charge in [-0.3, -0.25) is 19.2 Å². The van der Waals surface area contributed by atoms with Crippen LogP contribution in [-0.2, 0) is 14.8 Å². The number of nitrogens with zero attached hydrogens (tertiary/aromatic N) is 2. The summed E-state index contributed by atoms with van der Waals surface area (Å²) < 4.78 is 26.0. The van der Waals surface area contributed by atoms with Gasteiger partial charge in [0, 0.05) is 12.1 Å². The maximum atomic E-state index is 13.0. The molecule has 0 aliphatic heterocycles. The quantitative estimate of drug-likeness (QED) is 0.505. The van der Waals surface area contributed by atoms with Crippen molar-refractivity contribution in [1.82, 2.24) is 5.32 Å². The van der Waals surface area contributed by atoms with Gasteiger partial charge >= 0.3 is 0 Å². The van der Waals surface area contributed by atoms with E-state index in [0.29, 0.717) is 12.0 Å². The van der Waals surface area contributed by atoms with Crippen molar-refractivity contribution in [3.05, 3.63) is 69.3 Å². The number of hydrogen-bond donors (Lipinski definition) is 1. The molecule has 0 bridgehead atoms. The highest BCUT2D eigenvalue weighted by Crippen LogP contribution is 2.29. The minimum atomic E-state index is -3.89. The molecule has 2 atom stereocenters. The zero-order chi connectivity index (χ0) is 22.6. The molecule has 8 nitrogen and oxygen atoms in total. The number of hydrogen-bond acceptors (Lipinski definition) is 5. The molecule has 0 saturated heterocycles. The zero-order valence-corrected chi connectivity index (χ0v) is 18.6. The van der Waals surface area contributed by atoms with Crippen LogP contribution < -0.4 is 9.62 Å². The Hall–Kier alpha value is -2.94. The van der Waals surface area contributed by atoms with Crippen molar-refractivity contribution in [2.75, 3.05) is 10.6 Å². The lowest BCUT2D eigenvalue weighted by atomic mass is 10.0. The van der Waals surface area contributed by atoms with Gasteiger partial charge in [-0.25, -0.2) is 8.42 Å². The first-order valence-corrected chi connectivity index (χ1v) is 11.4. The summed E-state index contributed by atoms with van der Waals surface area (Å²) in [6.07, 6.45) is 1.60. The van der Waals surface area contributed by atoms with Crippen LogP contribution in [0, 0.1) is 24.0 Å². The van der Waals surface area contributed by atoms with Gasteiger partial charge < -0.3 is 5.32 Å². The van der Waals surface area contributed by atoms with Crippen LogP contribution >= 0.6 is 0 Å². The number of carbonyl (C=O) groups is 1. The second kappa shape index (κ2) is 9.25. The molecule has 0 fully saturated rings. The lowest BCUT2D eigenvalue weighted by Gasteiger charge is -2.30. The van der Waals surface area contributed by atoms with Crippen LogP contribution in [0.2, 0.25) is 0 Å². The Bertz CT molecular complexity index is 1040. The van der Waals surface area contributed by atoms with Crippen LogP contribution in [0.25, 0.3) is 0 Å². The van der Waals surface area contributed by atoms with Gasteiger partial charge in [0.2, 0.25) is 15.9 Å². The predicted molar refractivity (Wildman–Crippen MR) is 117 cm³/mol. The number of nitrogens with one attached hydrogen (secondary N) is 1. The molecule has 9 heteroatoms. The van der Waals surface area contributed by atoms with Crippen molar-refractivity contribution in [3.63, 3.8) is 0 Å². The molecule has 0 saturated carbocycles. The first-order valence-electron chi connectivity index (χ1n) is 9.57. The van der Waals surface area contributed by atoms with Gasteiger partial charge in [0.1, 0.15) is 6.04 Å². The van der Waals surface area contributed by atoms with Crippen LogP contribution in [0.3, 0.4) is 0 Å². The molecule has 0 aliphatic carbocycles. The second-order valence-electron chi connectivity index (χ2n) is 7.34. The molecule has 2 aromatic carbocycles. The summed E-state index contributed by atoms with van der Waals surface area (Å²) in [4.78, 5) is 23.6. The van der Waals surface area contributed by atoms with E-state index in [0.717, 1.165) is 21.7 Å². The number of nitro benzene ring substituents is 1. The minimum absolute atomic E-state index is 0.109. The molecule has 0 heterocycles. The number of carbonyl (C=O) groups excluding carboxylic acids is 1. The molecule has 0 aliphatic rings. The van der Waals surface area contributed by atoms with Gasteiger partial charge in [-0.1, -0.05) is 42.8 Å². The SMILES string of the molecule is CC[C@@H](NC(=O)[C@@H](C)N(c1cc([N+](=O)[O-])ccc1C)S(C)(=O)=O)c1ccc(C)cc1. The molecule has 0 radical (unpaired) electrons. The van der Waals surface area contributed by atoms with E-state index < -0.39 is 26.9 Å². The summed E-state index contributed by atoms with van der Waals surface area (Å²) >= 11 is 0. The van der Waals surface area contributed by atoms with E-state index in [1.54, 1.807) is 6.92 Å². The Morgan fingerprint density at radius 1 is 1.17 bits per heavy atom. The first kappa shape index (κ1) is 23.3. The monoisotopic (exact) mass is 433 g/mol. The van der Waals surface area contributed by atoms with Crippen molar-refractivity contribution in [2.45, 2.75) is 46.2 Å². The smallest absolute Gasteiger partial charge is 0.271 e. The Morgan fingerprint density at radius 3 is 2.27 bits per heavy atom. The summed E-state index contributed by atoms with van der Waals surface area (Å²) in [5.41, 5.74) is 2.38. The Morgan fingerprint density at radius 2 is 1.77 bits per heavy atom. The average Bonchev–Trinajstić information content (AvgIpc) is 2.67.